The molecule has 1 heterocycles. The highest BCUT2D eigenvalue weighted by Gasteiger charge is 2.19. The lowest BCUT2D eigenvalue weighted by atomic mass is 10.0. The van der Waals surface area contributed by atoms with Crippen LogP contribution in [0.5, 0.6) is 0 Å². The van der Waals surface area contributed by atoms with Gasteiger partial charge in [0.1, 0.15) is 0 Å². The topological polar surface area (TPSA) is 85.1 Å². The summed E-state index contributed by atoms with van der Waals surface area (Å²) in [5.41, 5.74) is 7.46. The van der Waals surface area contributed by atoms with Crippen LogP contribution in [0.15, 0.2) is 71.9 Å². The second-order valence-electron chi connectivity index (χ2n) is 6.93. The lowest BCUT2D eigenvalue weighted by Gasteiger charge is -2.19. The molecule has 1 unspecified atom stereocenters. The average Bonchev–Trinajstić information content (AvgIpc) is 2.66. The summed E-state index contributed by atoms with van der Waals surface area (Å²) in [4.78, 5) is 4.30. The van der Waals surface area contributed by atoms with E-state index in [1.807, 2.05) is 25.1 Å². The van der Waals surface area contributed by atoms with Gasteiger partial charge in [0.15, 0.2) is 0 Å². The Kier molecular flexibility index (Phi) is 6.21. The van der Waals surface area contributed by atoms with Crippen molar-refractivity contribution in [1.29, 1.82) is 0 Å². The zero-order valence-electron chi connectivity index (χ0n) is 15.4. The van der Waals surface area contributed by atoms with Crippen LogP contribution in [0, 0.1) is 0 Å². The number of hydrogen-bond acceptors (Lipinski definition) is 4. The fourth-order valence-corrected chi connectivity index (χ4v) is 4.47. The molecule has 1 aromatic heterocycles. The Morgan fingerprint density at radius 3 is 2.63 bits per heavy atom. The van der Waals surface area contributed by atoms with Crippen molar-refractivity contribution < 1.29 is 8.42 Å². The first-order valence-electron chi connectivity index (χ1n) is 9.10. The van der Waals surface area contributed by atoms with Crippen LogP contribution in [0.3, 0.4) is 0 Å². The zero-order valence-corrected chi connectivity index (χ0v) is 16.2. The summed E-state index contributed by atoms with van der Waals surface area (Å²) >= 11 is 0. The highest BCUT2D eigenvalue weighted by atomic mass is 32.2. The molecule has 2 atom stereocenters. The molecule has 2 aromatic carbocycles. The van der Waals surface area contributed by atoms with Gasteiger partial charge in [0.2, 0.25) is 10.0 Å². The number of aryl methyl sites for hydroxylation is 1. The maximum atomic E-state index is 12.7. The van der Waals surface area contributed by atoms with Gasteiger partial charge in [-0.25, -0.2) is 13.1 Å². The molecule has 0 amide bonds. The van der Waals surface area contributed by atoms with E-state index in [9.17, 15) is 8.42 Å². The van der Waals surface area contributed by atoms with Crippen LogP contribution in [0.4, 0.5) is 0 Å². The molecule has 3 aromatic rings. The van der Waals surface area contributed by atoms with Crippen molar-refractivity contribution in [1.82, 2.24) is 9.71 Å². The molecule has 0 aliphatic carbocycles. The van der Waals surface area contributed by atoms with Crippen molar-refractivity contribution in [3.8, 4) is 0 Å². The Balaban J connectivity index is 1.58. The van der Waals surface area contributed by atoms with Crippen LogP contribution < -0.4 is 10.5 Å². The van der Waals surface area contributed by atoms with Crippen molar-refractivity contribution in [2.75, 3.05) is 0 Å². The minimum Gasteiger partial charge on any atom is -0.328 e. The van der Waals surface area contributed by atoms with Crippen molar-refractivity contribution in [3.05, 3.63) is 72.6 Å². The predicted octanol–water partition coefficient (Wildman–Crippen LogP) is 3.25. The smallest absolute Gasteiger partial charge is 0.240 e. The fraction of sp³-hybridized carbons (Fsp3) is 0.286. The van der Waals surface area contributed by atoms with Crippen LogP contribution in [-0.2, 0) is 16.4 Å². The number of benzene rings is 2. The number of aromatic nitrogens is 1. The number of sulfonamides is 1. The SMILES string of the molecule is C[C@H](CC(N)CCc1ccccc1)NS(=O)(=O)c1ccc2cnccc2c1. The Bertz CT molecular complexity index is 990. The van der Waals surface area contributed by atoms with Gasteiger partial charge < -0.3 is 5.73 Å². The van der Waals surface area contributed by atoms with Crippen LogP contribution in [0.1, 0.15) is 25.3 Å². The van der Waals surface area contributed by atoms with Gasteiger partial charge in [-0.3, -0.25) is 4.98 Å². The van der Waals surface area contributed by atoms with E-state index < -0.39 is 10.0 Å². The van der Waals surface area contributed by atoms with Crippen LogP contribution in [0.25, 0.3) is 10.8 Å². The number of rotatable bonds is 8. The predicted molar refractivity (Wildman–Crippen MR) is 109 cm³/mol. The number of hydrogen-bond donors (Lipinski definition) is 2. The van der Waals surface area contributed by atoms with Crippen molar-refractivity contribution in [2.45, 2.75) is 43.2 Å². The Morgan fingerprint density at radius 1 is 1.07 bits per heavy atom. The van der Waals surface area contributed by atoms with Crippen molar-refractivity contribution >= 4 is 20.8 Å². The minimum atomic E-state index is -3.59. The van der Waals surface area contributed by atoms with Crippen LogP contribution >= 0.6 is 0 Å². The molecule has 0 spiro atoms. The van der Waals surface area contributed by atoms with Gasteiger partial charge in [0.05, 0.1) is 4.90 Å². The summed E-state index contributed by atoms with van der Waals surface area (Å²) in [6, 6.07) is 16.7. The van der Waals surface area contributed by atoms with Gasteiger partial charge in [0, 0.05) is 29.9 Å². The summed E-state index contributed by atoms with van der Waals surface area (Å²) in [5, 5.41) is 1.76. The number of nitrogens with zero attached hydrogens (tertiary/aromatic N) is 1. The Labute approximate surface area is 160 Å². The first-order valence-corrected chi connectivity index (χ1v) is 10.6. The molecule has 6 heteroatoms. The second-order valence-corrected chi connectivity index (χ2v) is 8.64. The van der Waals surface area contributed by atoms with Gasteiger partial charge in [-0.05, 0) is 55.3 Å². The maximum Gasteiger partial charge on any atom is 0.240 e. The molecule has 0 aliphatic heterocycles. The van der Waals surface area contributed by atoms with Crippen molar-refractivity contribution in [3.63, 3.8) is 0 Å². The summed E-state index contributed by atoms with van der Waals surface area (Å²) in [5.74, 6) is 0. The molecule has 0 radical (unpaired) electrons. The second kappa shape index (κ2) is 8.61. The van der Waals surface area contributed by atoms with E-state index in [0.717, 1.165) is 23.6 Å². The number of pyridine rings is 1. The molecule has 3 rings (SSSR count). The Morgan fingerprint density at radius 2 is 1.85 bits per heavy atom. The van der Waals surface area contributed by atoms with E-state index in [4.69, 9.17) is 5.73 Å². The Hall–Kier alpha value is -2.28. The highest BCUT2D eigenvalue weighted by molar-refractivity contribution is 7.89. The molecule has 0 fully saturated rings. The zero-order chi connectivity index (χ0) is 19.3. The monoisotopic (exact) mass is 383 g/mol. The molecule has 5 nitrogen and oxygen atoms in total. The lowest BCUT2D eigenvalue weighted by Crippen LogP contribution is -2.37. The molecular weight excluding hydrogens is 358 g/mol. The third-order valence-corrected chi connectivity index (χ3v) is 6.17. The van der Waals surface area contributed by atoms with Gasteiger partial charge in [-0.1, -0.05) is 36.4 Å². The van der Waals surface area contributed by atoms with Gasteiger partial charge in [-0.15, -0.1) is 0 Å². The summed E-state index contributed by atoms with van der Waals surface area (Å²) in [6.07, 6.45) is 5.66. The first-order chi connectivity index (χ1) is 12.9. The normalized spacial score (nSPS) is 14.1. The van der Waals surface area contributed by atoms with E-state index >= 15 is 0 Å². The van der Waals surface area contributed by atoms with Gasteiger partial charge >= 0.3 is 0 Å². The summed E-state index contributed by atoms with van der Waals surface area (Å²) in [6.45, 7) is 1.85. The van der Waals surface area contributed by atoms with E-state index in [-0.39, 0.29) is 17.0 Å². The molecule has 0 bridgehead atoms. The molecule has 27 heavy (non-hydrogen) atoms. The van der Waals surface area contributed by atoms with E-state index in [2.05, 4.69) is 21.8 Å². The first kappa shape index (κ1) is 19.5. The molecule has 142 valence electrons. The minimum absolute atomic E-state index is 0.0643. The van der Waals surface area contributed by atoms with E-state index in [1.165, 1.54) is 5.56 Å². The molecule has 0 saturated carbocycles. The number of nitrogens with one attached hydrogen (secondary N) is 1. The maximum absolute atomic E-state index is 12.7. The largest absolute Gasteiger partial charge is 0.328 e. The summed E-state index contributed by atoms with van der Waals surface area (Å²) < 4.78 is 28.1. The standard InChI is InChI=1S/C21H25N3O2S/c1-16(13-20(22)9-7-17-5-3-2-4-6-17)24-27(25,26)21-10-8-19-15-23-12-11-18(19)14-21/h2-6,8,10-12,14-16,20,24H,7,9,13,22H2,1H3/t16-,20?/m1/s1. The molecule has 0 saturated heterocycles. The van der Waals surface area contributed by atoms with E-state index in [1.54, 1.807) is 36.7 Å². The van der Waals surface area contributed by atoms with Crippen LogP contribution in [0.2, 0.25) is 0 Å². The molecule has 3 N–H and O–H groups in total. The van der Waals surface area contributed by atoms with Crippen LogP contribution in [-0.4, -0.2) is 25.5 Å². The quantitative estimate of drug-likeness (QED) is 0.625. The highest BCUT2D eigenvalue weighted by Crippen LogP contribution is 2.18. The number of nitrogens with two attached hydrogens (primary N) is 1. The third kappa shape index (κ3) is 5.35. The number of fused-ring (bicyclic) bond motifs is 1. The molecule has 0 aliphatic rings. The third-order valence-electron chi connectivity index (χ3n) is 4.58. The van der Waals surface area contributed by atoms with E-state index in [0.29, 0.717) is 6.42 Å². The van der Waals surface area contributed by atoms with Crippen molar-refractivity contribution in [2.24, 2.45) is 5.73 Å². The molecular formula is C21H25N3O2S. The summed E-state index contributed by atoms with van der Waals surface area (Å²) in [7, 11) is -3.59. The average molecular weight is 384 g/mol. The van der Waals surface area contributed by atoms with Gasteiger partial charge in [0.25, 0.3) is 0 Å². The lowest BCUT2D eigenvalue weighted by molar-refractivity contribution is 0.484. The van der Waals surface area contributed by atoms with Gasteiger partial charge in [-0.2, -0.15) is 0 Å². The fourth-order valence-electron chi connectivity index (χ4n) is 3.18.